The first-order valence-electron chi connectivity index (χ1n) is 5.42. The van der Waals surface area contributed by atoms with Crippen LogP contribution >= 0.6 is 23.1 Å². The minimum atomic E-state index is -0.937. The number of aromatic nitrogens is 1. The van der Waals surface area contributed by atoms with Crippen molar-refractivity contribution < 1.29 is 9.90 Å². The lowest BCUT2D eigenvalue weighted by Gasteiger charge is -1.99. The minimum Gasteiger partial charge on any atom is -0.477 e. The minimum absolute atomic E-state index is 0.285. The molecule has 0 radical (unpaired) electrons. The molecule has 0 aliphatic rings. The summed E-state index contributed by atoms with van der Waals surface area (Å²) in [4.78, 5) is 15.4. The Morgan fingerprint density at radius 2 is 2.37 bits per heavy atom. The fraction of sp³-hybridized carbons (Fsp3) is 0.154. The summed E-state index contributed by atoms with van der Waals surface area (Å²) >= 11 is 2.66. The van der Waals surface area contributed by atoms with Crippen molar-refractivity contribution in [3.63, 3.8) is 0 Å². The Morgan fingerprint density at radius 3 is 3.00 bits per heavy atom. The summed E-state index contributed by atoms with van der Waals surface area (Å²) in [7, 11) is 0. The van der Waals surface area contributed by atoms with Gasteiger partial charge < -0.3 is 5.11 Å². The fourth-order valence-electron chi connectivity index (χ4n) is 1.51. The number of carboxylic acid groups (broad SMARTS) is 1. The molecule has 4 nitrogen and oxygen atoms in total. The molecule has 0 amide bonds. The quantitative estimate of drug-likeness (QED) is 0.874. The molecule has 0 saturated heterocycles. The van der Waals surface area contributed by atoms with E-state index in [2.05, 4.69) is 11.1 Å². The summed E-state index contributed by atoms with van der Waals surface area (Å²) in [5, 5.41) is 17.8. The second-order valence-electron chi connectivity index (χ2n) is 3.80. The molecule has 0 bridgehead atoms. The van der Waals surface area contributed by atoms with Crippen molar-refractivity contribution in [1.29, 1.82) is 5.26 Å². The van der Waals surface area contributed by atoms with Gasteiger partial charge in [-0.1, -0.05) is 23.9 Å². The largest absolute Gasteiger partial charge is 0.477 e. The van der Waals surface area contributed by atoms with Gasteiger partial charge in [0.05, 0.1) is 17.3 Å². The van der Waals surface area contributed by atoms with Crippen LogP contribution in [0.4, 0.5) is 0 Å². The molecule has 0 unspecified atom stereocenters. The van der Waals surface area contributed by atoms with Crippen LogP contribution < -0.4 is 0 Å². The molecule has 0 spiro atoms. The molecule has 19 heavy (non-hydrogen) atoms. The maximum Gasteiger partial charge on any atom is 0.347 e. The number of aryl methyl sites for hydroxylation is 1. The van der Waals surface area contributed by atoms with Crippen LogP contribution in [0.5, 0.6) is 0 Å². The average molecular weight is 290 g/mol. The Kier molecular flexibility index (Phi) is 4.20. The summed E-state index contributed by atoms with van der Waals surface area (Å²) in [6.07, 6.45) is 0. The highest BCUT2D eigenvalue weighted by atomic mass is 32.2. The van der Waals surface area contributed by atoms with E-state index in [-0.39, 0.29) is 4.88 Å². The van der Waals surface area contributed by atoms with Crippen LogP contribution in [0.15, 0.2) is 28.6 Å². The molecule has 0 saturated carbocycles. The maximum absolute atomic E-state index is 10.9. The molecule has 0 fully saturated rings. The molecule has 2 aromatic rings. The first-order chi connectivity index (χ1) is 9.10. The summed E-state index contributed by atoms with van der Waals surface area (Å²) in [6.45, 7) is 1.69. The highest BCUT2D eigenvalue weighted by molar-refractivity contribution is 8.00. The number of hydrogen-bond acceptors (Lipinski definition) is 5. The van der Waals surface area contributed by atoms with Gasteiger partial charge in [0.1, 0.15) is 4.88 Å². The number of thioether (sulfide) groups is 1. The molecule has 1 aromatic heterocycles. The smallest absolute Gasteiger partial charge is 0.347 e. The number of nitriles is 1. The van der Waals surface area contributed by atoms with Gasteiger partial charge in [-0.2, -0.15) is 5.26 Å². The normalized spacial score (nSPS) is 10.1. The highest BCUT2D eigenvalue weighted by Gasteiger charge is 2.14. The van der Waals surface area contributed by atoms with Crippen molar-refractivity contribution in [3.05, 3.63) is 46.0 Å². The van der Waals surface area contributed by atoms with E-state index in [1.807, 2.05) is 18.2 Å². The Bertz CT molecular complexity index is 659. The molecule has 1 heterocycles. The molecule has 1 aromatic carbocycles. The number of carbonyl (C=O) groups is 1. The fourth-order valence-corrected chi connectivity index (χ4v) is 3.48. The van der Waals surface area contributed by atoms with Crippen LogP contribution in [0.25, 0.3) is 0 Å². The summed E-state index contributed by atoms with van der Waals surface area (Å²) in [6, 6.07) is 9.45. The van der Waals surface area contributed by atoms with E-state index >= 15 is 0 Å². The number of hydrogen-bond donors (Lipinski definition) is 1. The van der Waals surface area contributed by atoms with Crippen molar-refractivity contribution in [2.24, 2.45) is 0 Å². The number of benzene rings is 1. The second kappa shape index (κ2) is 5.87. The van der Waals surface area contributed by atoms with Crippen molar-refractivity contribution in [3.8, 4) is 6.07 Å². The van der Waals surface area contributed by atoms with Crippen LogP contribution in [0, 0.1) is 18.3 Å². The first-order valence-corrected chi connectivity index (χ1v) is 7.23. The SMILES string of the molecule is Cc1nc(SCc2cccc(C#N)c2)sc1C(=O)O. The second-order valence-corrected chi connectivity index (χ2v) is 6.02. The van der Waals surface area contributed by atoms with E-state index in [0.717, 1.165) is 9.90 Å². The Balaban J connectivity index is 2.08. The predicted octanol–water partition coefficient (Wildman–Crippen LogP) is 3.31. The van der Waals surface area contributed by atoms with Gasteiger partial charge in [0.2, 0.25) is 0 Å². The van der Waals surface area contributed by atoms with E-state index < -0.39 is 5.97 Å². The van der Waals surface area contributed by atoms with Crippen LogP contribution in [0.1, 0.15) is 26.5 Å². The topological polar surface area (TPSA) is 74.0 Å². The van der Waals surface area contributed by atoms with E-state index in [9.17, 15) is 4.79 Å². The number of carboxylic acids is 1. The van der Waals surface area contributed by atoms with Crippen LogP contribution in [-0.2, 0) is 5.75 Å². The van der Waals surface area contributed by atoms with Crippen molar-refractivity contribution in [1.82, 2.24) is 4.98 Å². The third-order valence-electron chi connectivity index (χ3n) is 2.39. The molecule has 0 aliphatic carbocycles. The third-order valence-corrected chi connectivity index (χ3v) is 4.75. The summed E-state index contributed by atoms with van der Waals surface area (Å²) < 4.78 is 0.734. The Morgan fingerprint density at radius 1 is 1.58 bits per heavy atom. The number of thiazole rings is 1. The van der Waals surface area contributed by atoms with E-state index in [0.29, 0.717) is 17.0 Å². The average Bonchev–Trinajstić information content (AvgIpc) is 2.78. The molecular weight excluding hydrogens is 280 g/mol. The van der Waals surface area contributed by atoms with Gasteiger partial charge >= 0.3 is 5.97 Å². The van der Waals surface area contributed by atoms with Crippen molar-refractivity contribution in [2.45, 2.75) is 17.0 Å². The van der Waals surface area contributed by atoms with Gasteiger partial charge in [-0.3, -0.25) is 0 Å². The molecule has 96 valence electrons. The summed E-state index contributed by atoms with van der Waals surface area (Å²) in [5.41, 5.74) is 2.19. The lowest BCUT2D eigenvalue weighted by Crippen LogP contribution is -1.94. The van der Waals surface area contributed by atoms with Gasteiger partial charge in [0.25, 0.3) is 0 Å². The molecule has 6 heteroatoms. The molecule has 0 aliphatic heterocycles. The lowest BCUT2D eigenvalue weighted by molar-refractivity contribution is 0.0701. The number of nitrogens with zero attached hydrogens (tertiary/aromatic N) is 2. The van der Waals surface area contributed by atoms with Crippen molar-refractivity contribution in [2.75, 3.05) is 0 Å². The van der Waals surface area contributed by atoms with Gasteiger partial charge in [0.15, 0.2) is 4.34 Å². The predicted molar refractivity (Wildman–Crippen MR) is 74.5 cm³/mol. The van der Waals surface area contributed by atoms with Gasteiger partial charge in [0, 0.05) is 5.75 Å². The zero-order chi connectivity index (χ0) is 13.8. The van der Waals surface area contributed by atoms with Crippen molar-refractivity contribution >= 4 is 29.1 Å². The van der Waals surface area contributed by atoms with E-state index in [1.165, 1.54) is 23.1 Å². The maximum atomic E-state index is 10.9. The van der Waals surface area contributed by atoms with Gasteiger partial charge in [-0.05, 0) is 24.6 Å². The standard InChI is InChI=1S/C13H10N2O2S2/c1-8-11(12(16)17)19-13(15-8)18-7-10-4-2-3-9(5-10)6-14/h2-5H,7H2,1H3,(H,16,17). The van der Waals surface area contributed by atoms with Gasteiger partial charge in [-0.25, -0.2) is 9.78 Å². The zero-order valence-corrected chi connectivity index (χ0v) is 11.7. The van der Waals surface area contributed by atoms with E-state index in [4.69, 9.17) is 10.4 Å². The van der Waals surface area contributed by atoms with Gasteiger partial charge in [-0.15, -0.1) is 11.3 Å². The highest BCUT2D eigenvalue weighted by Crippen LogP contribution is 2.29. The molecule has 0 atom stereocenters. The Labute approximate surface area is 118 Å². The third kappa shape index (κ3) is 3.34. The zero-order valence-electron chi connectivity index (χ0n) is 10.1. The lowest BCUT2D eigenvalue weighted by atomic mass is 10.2. The Hall–Kier alpha value is -1.84. The summed E-state index contributed by atoms with van der Waals surface area (Å²) in [5.74, 6) is -0.269. The molecule has 2 rings (SSSR count). The first kappa shape index (κ1) is 13.6. The molecule has 1 N–H and O–H groups in total. The molecular formula is C13H10N2O2S2. The monoisotopic (exact) mass is 290 g/mol. The van der Waals surface area contributed by atoms with Crippen LogP contribution in [-0.4, -0.2) is 16.1 Å². The number of rotatable bonds is 4. The van der Waals surface area contributed by atoms with Crippen LogP contribution in [0.2, 0.25) is 0 Å². The van der Waals surface area contributed by atoms with E-state index in [1.54, 1.807) is 13.0 Å². The van der Waals surface area contributed by atoms with Crippen LogP contribution in [0.3, 0.4) is 0 Å². The number of aromatic carboxylic acids is 1.